The van der Waals surface area contributed by atoms with Crippen molar-refractivity contribution in [3.8, 4) is 0 Å². The molecule has 2 saturated heterocycles. The van der Waals surface area contributed by atoms with Crippen molar-refractivity contribution in [2.75, 3.05) is 21.1 Å². The first-order chi connectivity index (χ1) is 42.1. The van der Waals surface area contributed by atoms with E-state index in [1.807, 2.05) is 206 Å². The summed E-state index contributed by atoms with van der Waals surface area (Å²) in [6.45, 7) is 82.3. The Morgan fingerprint density at radius 2 is 0.771 bits per heavy atom. The quantitative estimate of drug-likeness (QED) is 0.128. The van der Waals surface area contributed by atoms with E-state index < -0.39 is 17.0 Å². The molecule has 18 heteroatoms. The summed E-state index contributed by atoms with van der Waals surface area (Å²) in [4.78, 5) is 124. The molecular formula is C78H141N9O9. The summed E-state index contributed by atoms with van der Waals surface area (Å²) in [6, 6.07) is -1.08. The van der Waals surface area contributed by atoms with Gasteiger partial charge in [-0.3, -0.25) is 58.0 Å². The third-order valence-electron chi connectivity index (χ3n) is 17.4. The SMILES string of the molecule is CC.CC(C)(C)C1C=CC(=O)N(C(C)(C)C)C1=O.CC1=C(C(C)(C)C)C(=O)C(C(C)(C)C)N1C.CC1=NC(C(C)(C)C)C(=O)N1C(C)(C)C.CC1=NN(C(C)(C)C)C(=O)C1C(C)(C)C.CN1C(=O)C(C(C)(C)C)C(=O)C1C(C)(C)C.CN1C(=O)N(C(C)(C)C)C(=O)C1C(C)(C)C. The lowest BCUT2D eigenvalue weighted by atomic mass is 9.75. The van der Waals surface area contributed by atoms with Crippen molar-refractivity contribution in [1.29, 1.82) is 0 Å². The molecule has 0 saturated carbocycles. The zero-order chi connectivity index (χ0) is 77.4. The molecule has 18 nitrogen and oxygen atoms in total. The predicted molar refractivity (Wildman–Crippen MR) is 396 cm³/mol. The van der Waals surface area contributed by atoms with Crippen molar-refractivity contribution in [2.45, 2.75) is 330 Å². The van der Waals surface area contributed by atoms with Gasteiger partial charge in [0.05, 0.1) is 29.5 Å². The number of hydrogen-bond acceptors (Lipinski definition) is 12. The number of amides is 8. The molecule has 6 heterocycles. The van der Waals surface area contributed by atoms with Gasteiger partial charge in [-0.05, 0) is 147 Å². The normalized spacial score (nSPS) is 23.6. The van der Waals surface area contributed by atoms with Gasteiger partial charge >= 0.3 is 6.03 Å². The number of allylic oxidation sites excluding steroid dienone is 1. The van der Waals surface area contributed by atoms with Crippen LogP contribution in [0.5, 0.6) is 0 Å². The molecule has 7 atom stereocenters. The average Bonchev–Trinajstić information content (AvgIpc) is 1.56. The molecule has 7 unspecified atom stereocenters. The number of aliphatic imine (C=N–C) groups is 1. The monoisotopic (exact) mass is 1350 g/mol. The molecule has 96 heavy (non-hydrogen) atoms. The van der Waals surface area contributed by atoms with Crippen LogP contribution in [0.2, 0.25) is 0 Å². The lowest BCUT2D eigenvalue weighted by molar-refractivity contribution is -0.153. The van der Waals surface area contributed by atoms with Gasteiger partial charge < -0.3 is 14.7 Å². The van der Waals surface area contributed by atoms with Gasteiger partial charge in [0.2, 0.25) is 11.8 Å². The molecular weight excluding hydrogens is 1210 g/mol. The maximum atomic E-state index is 12.5. The van der Waals surface area contributed by atoms with Crippen LogP contribution in [0.1, 0.15) is 284 Å². The van der Waals surface area contributed by atoms with Crippen LogP contribution in [-0.2, 0) is 38.4 Å². The Kier molecular flexibility index (Phi) is 28.7. The van der Waals surface area contributed by atoms with Gasteiger partial charge in [0.1, 0.15) is 23.8 Å². The summed E-state index contributed by atoms with van der Waals surface area (Å²) in [6.07, 6.45) is 3.25. The highest BCUT2D eigenvalue weighted by Gasteiger charge is 2.55. The number of carbonyl (C=O) groups is 9. The summed E-state index contributed by atoms with van der Waals surface area (Å²) in [5.41, 5.74) is 0.657. The second-order valence-electron chi connectivity index (χ2n) is 39.4. The maximum Gasteiger partial charge on any atom is 0.327 e. The average molecular weight is 1350 g/mol. The minimum Gasteiger partial charge on any atom is -0.367 e. The summed E-state index contributed by atoms with van der Waals surface area (Å²) < 4.78 is 0. The van der Waals surface area contributed by atoms with E-state index in [9.17, 15) is 43.2 Å². The van der Waals surface area contributed by atoms with Crippen LogP contribution < -0.4 is 0 Å². The molecule has 0 bridgehead atoms. The van der Waals surface area contributed by atoms with Crippen molar-refractivity contribution >= 4 is 64.6 Å². The third-order valence-corrected chi connectivity index (χ3v) is 17.4. The maximum absolute atomic E-state index is 12.5. The number of likely N-dealkylation sites (N-methyl/N-ethyl adjacent to an activating group) is 3. The number of urea groups is 1. The fraction of sp³-hybridized carbons (Fsp3) is 0.808. The Balaban J connectivity index is 0.00000112. The second-order valence-corrected chi connectivity index (χ2v) is 39.4. The first-order valence-electron chi connectivity index (χ1n) is 34.8. The van der Waals surface area contributed by atoms with E-state index in [0.29, 0.717) is 5.78 Å². The summed E-state index contributed by atoms with van der Waals surface area (Å²) in [5, 5.41) is 6.01. The molecule has 6 aliphatic rings. The van der Waals surface area contributed by atoms with E-state index in [1.165, 1.54) is 15.9 Å². The number of likely N-dealkylation sites (tertiary alicyclic amines) is 1. The first kappa shape index (κ1) is 90.5. The third kappa shape index (κ3) is 22.0. The fourth-order valence-corrected chi connectivity index (χ4v) is 13.5. The van der Waals surface area contributed by atoms with Crippen LogP contribution in [-0.4, -0.2) is 166 Å². The highest BCUT2D eigenvalue weighted by atomic mass is 16.2. The highest BCUT2D eigenvalue weighted by molar-refractivity contribution is 6.12. The number of Topliss-reactive ketones (excluding diaryl/α,β-unsaturated/α-hetero) is 2. The molecule has 6 aliphatic heterocycles. The number of carbonyl (C=O) groups excluding carboxylic acids is 9. The van der Waals surface area contributed by atoms with Crippen LogP contribution in [0.25, 0.3) is 0 Å². The van der Waals surface area contributed by atoms with E-state index in [4.69, 9.17) is 0 Å². The van der Waals surface area contributed by atoms with Crippen molar-refractivity contribution in [2.24, 2.45) is 71.2 Å². The second kappa shape index (κ2) is 30.5. The van der Waals surface area contributed by atoms with Gasteiger partial charge in [0.25, 0.3) is 23.6 Å². The minimum absolute atomic E-state index is 0.0123. The molecule has 0 aromatic carbocycles. The van der Waals surface area contributed by atoms with Gasteiger partial charge in [0, 0.05) is 60.8 Å². The molecule has 6 rings (SSSR count). The molecule has 0 aromatic heterocycles. The Morgan fingerprint density at radius 1 is 0.375 bits per heavy atom. The number of nitrogens with zero attached hydrogens (tertiary/aromatic N) is 9. The molecule has 0 aromatic rings. The van der Waals surface area contributed by atoms with Crippen LogP contribution in [0, 0.1) is 61.1 Å². The van der Waals surface area contributed by atoms with Crippen molar-refractivity contribution < 1.29 is 43.2 Å². The fourth-order valence-electron chi connectivity index (χ4n) is 13.5. The summed E-state index contributed by atoms with van der Waals surface area (Å²) in [7, 11) is 5.46. The molecule has 2 fully saturated rings. The smallest absolute Gasteiger partial charge is 0.327 e. The topological polar surface area (TPSA) is 201 Å². The van der Waals surface area contributed by atoms with E-state index in [2.05, 4.69) is 105 Å². The van der Waals surface area contributed by atoms with Gasteiger partial charge in [-0.25, -0.2) is 9.80 Å². The predicted octanol–water partition coefficient (Wildman–Crippen LogP) is 16.0. The lowest BCUT2D eigenvalue weighted by Crippen LogP contribution is -2.54. The number of ketones is 2. The van der Waals surface area contributed by atoms with Crippen LogP contribution >= 0.6 is 0 Å². The van der Waals surface area contributed by atoms with Gasteiger partial charge in [0.15, 0.2) is 11.6 Å². The molecule has 552 valence electrons. The number of hydrogen-bond donors (Lipinski definition) is 0. The Morgan fingerprint density at radius 3 is 0.990 bits per heavy atom. The van der Waals surface area contributed by atoms with Crippen LogP contribution in [0.15, 0.2) is 33.5 Å². The van der Waals surface area contributed by atoms with Gasteiger partial charge in [-0.15, -0.1) is 0 Å². The largest absolute Gasteiger partial charge is 0.367 e. The standard InChI is InChI=1S/C14H25NO.C13H23NO2.C13H21NO2.C12H22N2O2.2C12H22N2O.C2H6/c1-9-10(13(2,3)4)11(16)12(15(9)8)14(5,6)7;1-12(2,3)8-9(15)10(13(4,5)6)14(7)11(8)16;1-12(2,3)9-7-8-10(15)14(11(9)16)13(4,5)6;1-11(2,3)8-9(15)14(12(4,5)6)10(16)13(8)7;1-8-13-9(11(2,3)4)10(15)14(8)12(5,6)7;1-8-9(11(2,3)4)10(15)14(13-8)12(5,6)7;1-2/h12H,1-8H3;8,10H,1-7H3;7-9H,1-6H3;8H,1-7H3;2*9H,1-7H3;1-2H3. The summed E-state index contributed by atoms with van der Waals surface area (Å²) >= 11 is 0. The molecule has 8 amide bonds. The van der Waals surface area contributed by atoms with E-state index in [0.717, 1.165) is 22.8 Å². The van der Waals surface area contributed by atoms with Crippen LogP contribution in [0.4, 0.5) is 4.79 Å². The van der Waals surface area contributed by atoms with Crippen molar-refractivity contribution in [3.63, 3.8) is 0 Å². The zero-order valence-corrected chi connectivity index (χ0v) is 69.4. The van der Waals surface area contributed by atoms with Crippen LogP contribution in [0.3, 0.4) is 0 Å². The Hall–Kier alpha value is -5.55. The van der Waals surface area contributed by atoms with E-state index in [-0.39, 0.29) is 138 Å². The number of imide groups is 2. The Bertz CT molecular complexity index is 2840. The number of hydrazone groups is 1. The van der Waals surface area contributed by atoms with Crippen molar-refractivity contribution in [1.82, 2.24) is 34.4 Å². The minimum atomic E-state index is -0.485. The molecule has 0 radical (unpaired) electrons. The lowest BCUT2D eigenvalue weighted by Gasteiger charge is -2.40. The molecule has 0 spiro atoms. The molecule has 0 N–H and O–H groups in total. The van der Waals surface area contributed by atoms with Gasteiger partial charge in [-0.2, -0.15) is 5.10 Å². The van der Waals surface area contributed by atoms with E-state index in [1.54, 1.807) is 35.0 Å². The number of amidine groups is 1. The molecule has 0 aliphatic carbocycles. The highest BCUT2D eigenvalue weighted by Crippen LogP contribution is 2.44. The number of rotatable bonds is 0. The first-order valence-corrected chi connectivity index (χ1v) is 34.8. The van der Waals surface area contributed by atoms with E-state index >= 15 is 0 Å². The Labute approximate surface area is 585 Å². The summed E-state index contributed by atoms with van der Waals surface area (Å²) in [5.74, 6) is 0.290. The van der Waals surface area contributed by atoms with Crippen molar-refractivity contribution in [3.05, 3.63) is 23.4 Å². The van der Waals surface area contributed by atoms with Gasteiger partial charge in [-0.1, -0.05) is 186 Å². The zero-order valence-electron chi connectivity index (χ0n) is 69.4.